The lowest BCUT2D eigenvalue weighted by molar-refractivity contribution is 0.583. The summed E-state index contributed by atoms with van der Waals surface area (Å²) in [6.07, 6.45) is 4.59. The van der Waals surface area contributed by atoms with Gasteiger partial charge in [0.1, 0.15) is 5.82 Å². The summed E-state index contributed by atoms with van der Waals surface area (Å²) in [4.78, 5) is 4.20. The number of hydrogen-bond donors (Lipinski definition) is 1. The number of nitrogens with zero attached hydrogens (tertiary/aromatic N) is 1. The fraction of sp³-hybridized carbons (Fsp3) is 0.312. The Labute approximate surface area is 127 Å². The Balaban J connectivity index is 2.41. The minimum absolute atomic E-state index is 0.0469. The van der Waals surface area contributed by atoms with E-state index in [1.54, 1.807) is 18.3 Å². The summed E-state index contributed by atoms with van der Waals surface area (Å²) in [5.41, 5.74) is 2.87. The van der Waals surface area contributed by atoms with Gasteiger partial charge in [-0.05, 0) is 70.7 Å². The van der Waals surface area contributed by atoms with E-state index in [-0.39, 0.29) is 11.9 Å². The van der Waals surface area contributed by atoms with Crippen LogP contribution in [0.2, 0.25) is 0 Å². The van der Waals surface area contributed by atoms with E-state index in [1.807, 2.05) is 25.3 Å². The molecule has 1 atom stereocenters. The van der Waals surface area contributed by atoms with Crippen LogP contribution in [0.3, 0.4) is 0 Å². The van der Waals surface area contributed by atoms with Gasteiger partial charge >= 0.3 is 0 Å². The zero-order valence-electron chi connectivity index (χ0n) is 11.7. The quantitative estimate of drug-likeness (QED) is 0.876. The van der Waals surface area contributed by atoms with Crippen LogP contribution in [0.4, 0.5) is 4.39 Å². The van der Waals surface area contributed by atoms with E-state index in [0.29, 0.717) is 0 Å². The van der Waals surface area contributed by atoms with Gasteiger partial charge < -0.3 is 5.32 Å². The number of aromatic nitrogens is 1. The van der Waals surface area contributed by atoms with Gasteiger partial charge in [-0.1, -0.05) is 13.0 Å². The molecule has 0 radical (unpaired) electrons. The second-order valence-electron chi connectivity index (χ2n) is 4.89. The van der Waals surface area contributed by atoms with Crippen LogP contribution in [0.1, 0.15) is 36.1 Å². The second kappa shape index (κ2) is 6.95. The topological polar surface area (TPSA) is 24.9 Å². The smallest absolute Gasteiger partial charge is 0.123 e. The Kier molecular flexibility index (Phi) is 5.26. The molecule has 0 saturated carbocycles. The molecule has 20 heavy (non-hydrogen) atoms. The van der Waals surface area contributed by atoms with Gasteiger partial charge in [-0.25, -0.2) is 4.39 Å². The Hall–Kier alpha value is -1.26. The minimum atomic E-state index is -0.203. The molecule has 0 fully saturated rings. The summed E-state index contributed by atoms with van der Waals surface area (Å²) in [5.74, 6) is -0.203. The molecule has 106 valence electrons. The zero-order chi connectivity index (χ0) is 14.5. The molecule has 0 aliphatic carbocycles. The van der Waals surface area contributed by atoms with Crippen molar-refractivity contribution in [2.24, 2.45) is 0 Å². The van der Waals surface area contributed by atoms with Crippen molar-refractivity contribution in [1.29, 1.82) is 0 Å². The summed E-state index contributed by atoms with van der Waals surface area (Å²) < 4.78 is 14.6. The monoisotopic (exact) mass is 336 g/mol. The molecule has 0 amide bonds. The van der Waals surface area contributed by atoms with Crippen molar-refractivity contribution < 1.29 is 4.39 Å². The highest BCUT2D eigenvalue weighted by molar-refractivity contribution is 9.10. The molecule has 1 aromatic heterocycles. The van der Waals surface area contributed by atoms with Crippen molar-refractivity contribution in [1.82, 2.24) is 10.3 Å². The van der Waals surface area contributed by atoms with Gasteiger partial charge in [-0.3, -0.25) is 4.98 Å². The maximum Gasteiger partial charge on any atom is 0.123 e. The van der Waals surface area contributed by atoms with Gasteiger partial charge in [0.15, 0.2) is 0 Å². The Morgan fingerprint density at radius 3 is 2.65 bits per heavy atom. The SMILES string of the molecule is CCCNC(c1cc(C)cc(F)c1)c1cncc(Br)c1. The highest BCUT2D eigenvalue weighted by Gasteiger charge is 2.15. The molecule has 0 spiro atoms. The van der Waals surface area contributed by atoms with Crippen LogP contribution in [-0.4, -0.2) is 11.5 Å². The average Bonchev–Trinajstić information content (AvgIpc) is 2.38. The van der Waals surface area contributed by atoms with Crippen molar-refractivity contribution >= 4 is 15.9 Å². The summed E-state index contributed by atoms with van der Waals surface area (Å²) in [6.45, 7) is 4.88. The van der Waals surface area contributed by atoms with Crippen LogP contribution < -0.4 is 5.32 Å². The molecule has 2 nitrogen and oxygen atoms in total. The maximum absolute atomic E-state index is 13.7. The van der Waals surface area contributed by atoms with Crippen LogP contribution in [0, 0.1) is 12.7 Å². The molecule has 1 aromatic carbocycles. The molecule has 1 N–H and O–H groups in total. The van der Waals surface area contributed by atoms with E-state index < -0.39 is 0 Å². The van der Waals surface area contributed by atoms with Gasteiger partial charge in [-0.15, -0.1) is 0 Å². The summed E-state index contributed by atoms with van der Waals surface area (Å²) >= 11 is 3.44. The van der Waals surface area contributed by atoms with Crippen molar-refractivity contribution in [3.63, 3.8) is 0 Å². The first-order valence-electron chi connectivity index (χ1n) is 6.71. The number of nitrogens with one attached hydrogen (secondary N) is 1. The van der Waals surface area contributed by atoms with Gasteiger partial charge in [-0.2, -0.15) is 0 Å². The van der Waals surface area contributed by atoms with Crippen LogP contribution in [0.15, 0.2) is 41.1 Å². The van der Waals surface area contributed by atoms with Gasteiger partial charge in [0, 0.05) is 16.9 Å². The van der Waals surface area contributed by atoms with Gasteiger partial charge in [0.25, 0.3) is 0 Å². The van der Waals surface area contributed by atoms with E-state index in [9.17, 15) is 4.39 Å². The van der Waals surface area contributed by atoms with Crippen molar-refractivity contribution in [3.05, 3.63) is 63.6 Å². The highest BCUT2D eigenvalue weighted by atomic mass is 79.9. The first-order chi connectivity index (χ1) is 9.60. The molecule has 2 aromatic rings. The zero-order valence-corrected chi connectivity index (χ0v) is 13.2. The number of benzene rings is 1. The molecule has 0 aliphatic rings. The molecule has 1 heterocycles. The Morgan fingerprint density at radius 1 is 1.20 bits per heavy atom. The van der Waals surface area contributed by atoms with Crippen molar-refractivity contribution in [3.8, 4) is 0 Å². The van der Waals surface area contributed by atoms with Crippen LogP contribution in [0.25, 0.3) is 0 Å². The Bertz CT molecular complexity index is 566. The Morgan fingerprint density at radius 2 is 2.00 bits per heavy atom. The van der Waals surface area contributed by atoms with Crippen LogP contribution in [0.5, 0.6) is 0 Å². The number of pyridine rings is 1. The third-order valence-corrected chi connectivity index (χ3v) is 3.49. The molecule has 0 saturated heterocycles. The predicted molar refractivity (Wildman–Crippen MR) is 83.2 cm³/mol. The minimum Gasteiger partial charge on any atom is -0.306 e. The van der Waals surface area contributed by atoms with E-state index in [0.717, 1.165) is 34.1 Å². The first kappa shape index (κ1) is 15.1. The normalized spacial score (nSPS) is 12.4. The summed E-state index contributed by atoms with van der Waals surface area (Å²) in [5, 5.41) is 3.46. The highest BCUT2D eigenvalue weighted by Crippen LogP contribution is 2.25. The summed E-state index contributed by atoms with van der Waals surface area (Å²) in [6, 6.07) is 7.10. The van der Waals surface area contributed by atoms with Crippen molar-refractivity contribution in [2.75, 3.05) is 6.54 Å². The molecule has 2 rings (SSSR count). The number of halogens is 2. The third-order valence-electron chi connectivity index (χ3n) is 3.06. The van der Waals surface area contributed by atoms with E-state index in [4.69, 9.17) is 0 Å². The standard InChI is InChI=1S/C16H18BrFN2/c1-3-4-20-16(13-7-14(17)10-19-9-13)12-5-11(2)6-15(18)8-12/h5-10,16,20H,3-4H2,1-2H3. The lowest BCUT2D eigenvalue weighted by Crippen LogP contribution is -2.23. The second-order valence-corrected chi connectivity index (χ2v) is 5.80. The lowest BCUT2D eigenvalue weighted by atomic mass is 9.98. The largest absolute Gasteiger partial charge is 0.306 e. The molecule has 0 bridgehead atoms. The van der Waals surface area contributed by atoms with Crippen LogP contribution >= 0.6 is 15.9 Å². The fourth-order valence-electron chi connectivity index (χ4n) is 2.23. The average molecular weight is 337 g/mol. The summed E-state index contributed by atoms with van der Waals surface area (Å²) in [7, 11) is 0. The van der Waals surface area contributed by atoms with E-state index in [2.05, 4.69) is 33.2 Å². The molecular formula is C16H18BrFN2. The first-order valence-corrected chi connectivity index (χ1v) is 7.50. The van der Waals surface area contributed by atoms with E-state index >= 15 is 0 Å². The van der Waals surface area contributed by atoms with Gasteiger partial charge in [0.2, 0.25) is 0 Å². The predicted octanol–water partition coefficient (Wildman–Crippen LogP) is 4.38. The molecule has 0 aliphatic heterocycles. The molecule has 1 unspecified atom stereocenters. The van der Waals surface area contributed by atoms with Gasteiger partial charge in [0.05, 0.1) is 6.04 Å². The van der Waals surface area contributed by atoms with Crippen LogP contribution in [-0.2, 0) is 0 Å². The number of rotatable bonds is 5. The van der Waals surface area contributed by atoms with Crippen molar-refractivity contribution in [2.45, 2.75) is 26.3 Å². The number of hydrogen-bond acceptors (Lipinski definition) is 2. The maximum atomic E-state index is 13.7. The fourth-order valence-corrected chi connectivity index (χ4v) is 2.62. The third kappa shape index (κ3) is 3.87. The lowest BCUT2D eigenvalue weighted by Gasteiger charge is -2.20. The number of aryl methyl sites for hydroxylation is 1. The van der Waals surface area contributed by atoms with E-state index in [1.165, 1.54) is 0 Å². The molecule has 4 heteroatoms. The molecular weight excluding hydrogens is 319 g/mol.